The van der Waals surface area contributed by atoms with Crippen molar-refractivity contribution in [3.63, 3.8) is 0 Å². The molecule has 72 valence electrons. The van der Waals surface area contributed by atoms with Crippen molar-refractivity contribution in [3.05, 3.63) is 43.9 Å². The summed E-state index contributed by atoms with van der Waals surface area (Å²) in [5.74, 6) is -0.577. The van der Waals surface area contributed by atoms with Crippen LogP contribution >= 0.6 is 27.5 Å². The number of halogens is 3. The second-order valence-corrected chi connectivity index (χ2v) is 4.01. The second-order valence-electron chi connectivity index (χ2n) is 2.74. The molecule has 0 saturated carbocycles. The molecular weight excluding hydrogens is 272 g/mol. The molecule has 2 rings (SSSR count). The summed E-state index contributed by atoms with van der Waals surface area (Å²) in [7, 11) is 0. The first-order valence-electron chi connectivity index (χ1n) is 3.76. The Labute approximate surface area is 91.8 Å². The smallest absolute Gasteiger partial charge is 0.206 e. The minimum absolute atomic E-state index is 0.0214. The van der Waals surface area contributed by atoms with E-state index in [1.807, 2.05) is 0 Å². The topological polar surface area (TPSA) is 32.9 Å². The Balaban J connectivity index is 3.09. The molecule has 2 aromatic rings. The summed E-state index contributed by atoms with van der Waals surface area (Å²) in [5, 5.41) is 0.304. The van der Waals surface area contributed by atoms with Crippen LogP contribution in [0.25, 0.3) is 10.9 Å². The second kappa shape index (κ2) is 3.37. The molecule has 2 nitrogen and oxygen atoms in total. The Morgan fingerprint density at radius 3 is 2.86 bits per heavy atom. The Morgan fingerprint density at radius 1 is 1.43 bits per heavy atom. The fourth-order valence-electron chi connectivity index (χ4n) is 1.24. The van der Waals surface area contributed by atoms with Gasteiger partial charge in [-0.15, -0.1) is 0 Å². The van der Waals surface area contributed by atoms with Gasteiger partial charge in [0.25, 0.3) is 0 Å². The first-order chi connectivity index (χ1) is 6.61. The number of rotatable bonds is 0. The number of hydrogen-bond donors (Lipinski definition) is 1. The number of aromatic amines is 1. The molecule has 0 unspecified atom stereocenters. The van der Waals surface area contributed by atoms with E-state index < -0.39 is 11.2 Å². The van der Waals surface area contributed by atoms with Gasteiger partial charge in [0.2, 0.25) is 5.43 Å². The monoisotopic (exact) mass is 275 g/mol. The highest BCUT2D eigenvalue weighted by Crippen LogP contribution is 2.22. The van der Waals surface area contributed by atoms with E-state index in [0.717, 1.165) is 0 Å². The molecule has 0 aliphatic carbocycles. The minimum atomic E-state index is -0.577. The molecule has 0 saturated heterocycles. The molecule has 0 bridgehead atoms. The zero-order valence-corrected chi connectivity index (χ0v) is 9.12. The molecule has 0 amide bonds. The molecule has 1 N–H and O–H groups in total. The van der Waals surface area contributed by atoms with Gasteiger partial charge < -0.3 is 4.98 Å². The van der Waals surface area contributed by atoms with Crippen LogP contribution < -0.4 is 5.43 Å². The number of benzene rings is 1. The molecule has 0 radical (unpaired) electrons. The molecule has 1 aromatic carbocycles. The first-order valence-corrected chi connectivity index (χ1v) is 4.93. The van der Waals surface area contributed by atoms with Crippen LogP contribution in [0.15, 0.2) is 27.6 Å². The molecule has 0 aliphatic rings. The van der Waals surface area contributed by atoms with Crippen molar-refractivity contribution >= 4 is 38.4 Å². The summed E-state index contributed by atoms with van der Waals surface area (Å²) in [6.45, 7) is 0. The van der Waals surface area contributed by atoms with Gasteiger partial charge >= 0.3 is 0 Å². The van der Waals surface area contributed by atoms with Crippen molar-refractivity contribution in [2.75, 3.05) is 0 Å². The Hall–Kier alpha value is -0.870. The number of aromatic nitrogens is 1. The normalized spacial score (nSPS) is 10.8. The number of hydrogen-bond acceptors (Lipinski definition) is 1. The van der Waals surface area contributed by atoms with E-state index in [1.165, 1.54) is 18.3 Å². The number of pyridine rings is 1. The van der Waals surface area contributed by atoms with Crippen LogP contribution in [-0.4, -0.2) is 4.98 Å². The van der Waals surface area contributed by atoms with Crippen LogP contribution in [0, 0.1) is 5.82 Å². The van der Waals surface area contributed by atoms with E-state index in [1.54, 1.807) is 0 Å². The maximum Gasteiger partial charge on any atom is 0.206 e. The van der Waals surface area contributed by atoms with Crippen LogP contribution in [-0.2, 0) is 0 Å². The summed E-state index contributed by atoms with van der Waals surface area (Å²) in [4.78, 5) is 14.3. The van der Waals surface area contributed by atoms with Crippen LogP contribution in [0.4, 0.5) is 4.39 Å². The van der Waals surface area contributed by atoms with E-state index in [9.17, 15) is 9.18 Å². The van der Waals surface area contributed by atoms with Crippen LogP contribution in [0.5, 0.6) is 0 Å². The number of nitrogens with one attached hydrogen (secondary N) is 1. The van der Waals surface area contributed by atoms with Gasteiger partial charge in [0.15, 0.2) is 0 Å². The van der Waals surface area contributed by atoms with Gasteiger partial charge in [-0.05, 0) is 28.1 Å². The molecule has 1 heterocycles. The molecule has 0 spiro atoms. The lowest BCUT2D eigenvalue weighted by atomic mass is 10.2. The Bertz CT molecular complexity index is 566. The molecule has 0 aliphatic heterocycles. The van der Waals surface area contributed by atoms with Gasteiger partial charge in [0.1, 0.15) is 5.82 Å². The summed E-state index contributed by atoms with van der Waals surface area (Å²) in [6.07, 6.45) is 1.44. The highest BCUT2D eigenvalue weighted by atomic mass is 79.9. The number of H-pyrrole nitrogens is 1. The van der Waals surface area contributed by atoms with Crippen molar-refractivity contribution in [2.24, 2.45) is 0 Å². The summed E-state index contributed by atoms with van der Waals surface area (Å²) in [5.41, 5.74) is -0.0846. The van der Waals surface area contributed by atoms with E-state index in [2.05, 4.69) is 20.9 Å². The van der Waals surface area contributed by atoms with Crippen molar-refractivity contribution in [2.45, 2.75) is 0 Å². The third-order valence-corrected chi connectivity index (χ3v) is 2.79. The van der Waals surface area contributed by atoms with Gasteiger partial charge in [0.05, 0.1) is 20.4 Å². The fourth-order valence-corrected chi connectivity index (χ4v) is 1.76. The minimum Gasteiger partial charge on any atom is -0.359 e. The van der Waals surface area contributed by atoms with Crippen LogP contribution in [0.3, 0.4) is 0 Å². The number of fused-ring (bicyclic) bond motifs is 1. The predicted molar refractivity (Wildman–Crippen MR) is 57.2 cm³/mol. The van der Waals surface area contributed by atoms with Gasteiger partial charge in [-0.25, -0.2) is 4.39 Å². The zero-order valence-electron chi connectivity index (χ0n) is 6.77. The third kappa shape index (κ3) is 1.35. The lowest BCUT2D eigenvalue weighted by Crippen LogP contribution is -2.05. The van der Waals surface area contributed by atoms with Crippen molar-refractivity contribution < 1.29 is 4.39 Å². The van der Waals surface area contributed by atoms with E-state index in [0.29, 0.717) is 10.5 Å². The van der Waals surface area contributed by atoms with Crippen molar-refractivity contribution in [1.82, 2.24) is 4.98 Å². The van der Waals surface area contributed by atoms with Gasteiger partial charge in [-0.3, -0.25) is 4.79 Å². The summed E-state index contributed by atoms with van der Waals surface area (Å²) < 4.78 is 13.6. The van der Waals surface area contributed by atoms with Crippen LogP contribution in [0.1, 0.15) is 0 Å². The molecule has 1 aromatic heterocycles. The SMILES string of the molecule is O=c1c(Br)c[nH]c2c(Cl)ccc(F)c12. The molecule has 14 heavy (non-hydrogen) atoms. The Kier molecular flexibility index (Phi) is 2.33. The fraction of sp³-hybridized carbons (Fsp3) is 0. The average molecular weight is 276 g/mol. The average Bonchev–Trinajstić information content (AvgIpc) is 2.16. The van der Waals surface area contributed by atoms with Gasteiger partial charge in [0, 0.05) is 6.20 Å². The lowest BCUT2D eigenvalue weighted by Gasteiger charge is -2.01. The third-order valence-electron chi connectivity index (χ3n) is 1.89. The van der Waals surface area contributed by atoms with Crippen LogP contribution in [0.2, 0.25) is 5.02 Å². The molecular formula is C9H4BrClFNO. The summed E-state index contributed by atoms with van der Waals surface area (Å²) in [6, 6.07) is 2.58. The molecule has 0 fully saturated rings. The largest absolute Gasteiger partial charge is 0.359 e. The van der Waals surface area contributed by atoms with Crippen molar-refractivity contribution in [1.29, 1.82) is 0 Å². The van der Waals surface area contributed by atoms with Gasteiger partial charge in [-0.1, -0.05) is 11.6 Å². The molecule has 0 atom stereocenters. The van der Waals surface area contributed by atoms with E-state index in [-0.39, 0.29) is 9.86 Å². The van der Waals surface area contributed by atoms with Gasteiger partial charge in [-0.2, -0.15) is 0 Å². The Morgan fingerprint density at radius 2 is 2.14 bits per heavy atom. The zero-order chi connectivity index (χ0) is 10.3. The molecule has 5 heteroatoms. The standard InChI is InChI=1S/C9H4BrClFNO/c10-4-3-13-8-5(11)1-2-6(12)7(8)9(4)14/h1-3H,(H,13,14). The maximum atomic E-state index is 13.3. The van der Waals surface area contributed by atoms with Crippen molar-refractivity contribution in [3.8, 4) is 0 Å². The summed E-state index contributed by atoms with van der Waals surface area (Å²) >= 11 is 8.82. The predicted octanol–water partition coefficient (Wildman–Crippen LogP) is 3.08. The lowest BCUT2D eigenvalue weighted by molar-refractivity contribution is 0.639. The van der Waals surface area contributed by atoms with E-state index >= 15 is 0 Å². The van der Waals surface area contributed by atoms with E-state index in [4.69, 9.17) is 11.6 Å². The highest BCUT2D eigenvalue weighted by molar-refractivity contribution is 9.10. The first kappa shape index (κ1) is 9.68. The quantitative estimate of drug-likeness (QED) is 0.788. The maximum absolute atomic E-state index is 13.3. The highest BCUT2D eigenvalue weighted by Gasteiger charge is 2.10.